The fourth-order valence-corrected chi connectivity index (χ4v) is 2.61. The summed E-state index contributed by atoms with van der Waals surface area (Å²) in [7, 11) is 0. The number of hydrogen-bond acceptors (Lipinski definition) is 6. The van der Waals surface area contributed by atoms with E-state index in [4.69, 9.17) is 4.74 Å². The molecule has 1 amide bonds. The number of Topliss-reactive ketones (excluding diaryl/α,β-unsaturated/α-hetero) is 1. The highest BCUT2D eigenvalue weighted by molar-refractivity contribution is 6.01. The van der Waals surface area contributed by atoms with Crippen LogP contribution < -0.4 is 15.6 Å². The second kappa shape index (κ2) is 6.43. The number of aryl methyl sites for hydroxylation is 1. The van der Waals surface area contributed by atoms with Crippen molar-refractivity contribution in [3.63, 3.8) is 0 Å². The van der Waals surface area contributed by atoms with Crippen LogP contribution in [0.15, 0.2) is 35.3 Å². The van der Waals surface area contributed by atoms with E-state index in [9.17, 15) is 24.5 Å². The first-order valence-electron chi connectivity index (χ1n) is 7.76. The van der Waals surface area contributed by atoms with Gasteiger partial charge in [0.25, 0.3) is 17.2 Å². The van der Waals surface area contributed by atoms with E-state index in [-0.39, 0.29) is 29.3 Å². The molecule has 1 aliphatic heterocycles. The third-order valence-electron chi connectivity index (χ3n) is 4.01. The van der Waals surface area contributed by atoms with Gasteiger partial charge in [-0.15, -0.1) is 0 Å². The molecule has 0 saturated carbocycles. The van der Waals surface area contributed by atoms with Gasteiger partial charge < -0.3 is 14.6 Å². The zero-order valence-corrected chi connectivity index (χ0v) is 14.0. The molecule has 1 unspecified atom stereocenters. The third kappa shape index (κ3) is 3.18. The van der Waals surface area contributed by atoms with Crippen molar-refractivity contribution in [3.05, 3.63) is 62.1 Å². The smallest absolute Gasteiger partial charge is 0.286 e. The maximum absolute atomic E-state index is 12.5. The first-order chi connectivity index (χ1) is 12.3. The fourth-order valence-electron chi connectivity index (χ4n) is 2.61. The molecule has 2 heterocycles. The maximum Gasteiger partial charge on any atom is 0.286 e. The van der Waals surface area contributed by atoms with Gasteiger partial charge in [0, 0.05) is 17.2 Å². The Hall–Kier alpha value is -3.49. The Bertz CT molecular complexity index is 994. The zero-order valence-electron chi connectivity index (χ0n) is 14.0. The van der Waals surface area contributed by atoms with Gasteiger partial charge in [-0.1, -0.05) is 0 Å². The normalized spacial score (nSPS) is 15.6. The number of benzene rings is 1. The van der Waals surface area contributed by atoms with Gasteiger partial charge >= 0.3 is 0 Å². The van der Waals surface area contributed by atoms with Crippen molar-refractivity contribution >= 4 is 23.1 Å². The lowest BCUT2D eigenvalue weighted by Crippen LogP contribution is -2.34. The molecule has 0 spiro atoms. The number of carbonyl (C=O) groups excluding carboxylic acids is 2. The number of nitro groups is 1. The van der Waals surface area contributed by atoms with Crippen molar-refractivity contribution in [2.75, 3.05) is 5.32 Å². The van der Waals surface area contributed by atoms with Crippen LogP contribution in [0.5, 0.6) is 5.75 Å². The molecule has 0 fully saturated rings. The van der Waals surface area contributed by atoms with E-state index in [0.29, 0.717) is 11.4 Å². The van der Waals surface area contributed by atoms with Crippen LogP contribution in [0.1, 0.15) is 22.8 Å². The van der Waals surface area contributed by atoms with Crippen molar-refractivity contribution in [2.24, 2.45) is 0 Å². The van der Waals surface area contributed by atoms with Gasteiger partial charge in [-0.2, -0.15) is 0 Å². The Balaban J connectivity index is 1.90. The van der Waals surface area contributed by atoms with Gasteiger partial charge in [0.15, 0.2) is 11.9 Å². The first kappa shape index (κ1) is 17.3. The van der Waals surface area contributed by atoms with Gasteiger partial charge in [-0.3, -0.25) is 24.5 Å². The lowest BCUT2D eigenvalue weighted by atomic mass is 10.1. The summed E-state index contributed by atoms with van der Waals surface area (Å²) in [6.07, 6.45) is 0.411. The van der Waals surface area contributed by atoms with Gasteiger partial charge in [0.2, 0.25) is 0 Å². The molecule has 134 valence electrons. The molecule has 1 aromatic carbocycles. The van der Waals surface area contributed by atoms with E-state index in [0.717, 1.165) is 16.8 Å². The van der Waals surface area contributed by atoms with Crippen molar-refractivity contribution in [1.29, 1.82) is 0 Å². The van der Waals surface area contributed by atoms with Crippen LogP contribution in [0.4, 0.5) is 11.4 Å². The van der Waals surface area contributed by atoms with Gasteiger partial charge in [-0.05, 0) is 32.0 Å². The summed E-state index contributed by atoms with van der Waals surface area (Å²) in [6, 6.07) is 5.69. The number of nitrogens with zero attached hydrogens (tertiary/aromatic N) is 2. The second-order valence-electron chi connectivity index (χ2n) is 5.95. The standard InChI is InChI=1S/C17H15N3O6/c1-9-5-12(20(24)25)7-19(17(9)23)8-14(21)11-3-4-15-13(6-11)18-16(22)10(2)26-15/h3-7,10H,8H2,1-2H3,(H,18,22). The molecule has 0 saturated heterocycles. The molecule has 1 N–H and O–H groups in total. The molecule has 1 aromatic heterocycles. The molecule has 0 radical (unpaired) electrons. The number of aromatic nitrogens is 1. The highest BCUT2D eigenvalue weighted by Gasteiger charge is 2.24. The molecule has 0 bridgehead atoms. The summed E-state index contributed by atoms with van der Waals surface area (Å²) < 4.78 is 6.43. The molecule has 3 rings (SSSR count). The van der Waals surface area contributed by atoms with Crippen molar-refractivity contribution in [3.8, 4) is 5.75 Å². The topological polar surface area (TPSA) is 121 Å². The summed E-state index contributed by atoms with van der Waals surface area (Å²) in [4.78, 5) is 46.6. The summed E-state index contributed by atoms with van der Waals surface area (Å²) in [6.45, 7) is 2.70. The van der Waals surface area contributed by atoms with E-state index in [2.05, 4.69) is 5.32 Å². The number of hydrogen-bond donors (Lipinski definition) is 1. The van der Waals surface area contributed by atoms with Crippen molar-refractivity contribution in [1.82, 2.24) is 4.57 Å². The van der Waals surface area contributed by atoms with Crippen molar-refractivity contribution < 1.29 is 19.2 Å². The largest absolute Gasteiger partial charge is 0.479 e. The quantitative estimate of drug-likeness (QED) is 0.505. The molecular weight excluding hydrogens is 342 g/mol. The summed E-state index contributed by atoms with van der Waals surface area (Å²) in [5, 5.41) is 13.6. The maximum atomic E-state index is 12.5. The Morgan fingerprint density at radius 2 is 2.08 bits per heavy atom. The first-order valence-corrected chi connectivity index (χ1v) is 7.76. The number of anilines is 1. The molecule has 26 heavy (non-hydrogen) atoms. The predicted molar refractivity (Wildman–Crippen MR) is 91.6 cm³/mol. The number of pyridine rings is 1. The van der Waals surface area contributed by atoms with Crippen molar-refractivity contribution in [2.45, 2.75) is 26.5 Å². The van der Waals surface area contributed by atoms with Crippen LogP contribution in [-0.2, 0) is 11.3 Å². The number of amides is 1. The van der Waals surface area contributed by atoms with Crippen LogP contribution >= 0.6 is 0 Å². The minimum absolute atomic E-state index is 0.173. The van der Waals surface area contributed by atoms with E-state index < -0.39 is 22.4 Å². The van der Waals surface area contributed by atoms with E-state index in [1.165, 1.54) is 19.1 Å². The number of ketones is 1. The highest BCUT2D eigenvalue weighted by atomic mass is 16.6. The predicted octanol–water partition coefficient (Wildman–Crippen LogP) is 1.67. The Morgan fingerprint density at radius 1 is 1.35 bits per heavy atom. The monoisotopic (exact) mass is 357 g/mol. The average molecular weight is 357 g/mol. The van der Waals surface area contributed by atoms with E-state index >= 15 is 0 Å². The van der Waals surface area contributed by atoms with Gasteiger partial charge in [0.05, 0.1) is 23.4 Å². The lowest BCUT2D eigenvalue weighted by molar-refractivity contribution is -0.385. The minimum Gasteiger partial charge on any atom is -0.479 e. The number of ether oxygens (including phenoxy) is 1. The molecule has 1 aliphatic rings. The van der Waals surface area contributed by atoms with Crippen LogP contribution in [0.2, 0.25) is 0 Å². The van der Waals surface area contributed by atoms with Gasteiger partial charge in [-0.25, -0.2) is 0 Å². The van der Waals surface area contributed by atoms with Crippen LogP contribution in [0, 0.1) is 17.0 Å². The van der Waals surface area contributed by atoms with Crippen LogP contribution in [-0.4, -0.2) is 27.3 Å². The Labute approximate surface area is 147 Å². The van der Waals surface area contributed by atoms with Crippen LogP contribution in [0.3, 0.4) is 0 Å². The van der Waals surface area contributed by atoms with E-state index in [1.54, 1.807) is 13.0 Å². The second-order valence-corrected chi connectivity index (χ2v) is 5.95. The Kier molecular flexibility index (Phi) is 4.29. The lowest BCUT2D eigenvalue weighted by Gasteiger charge is -2.23. The third-order valence-corrected chi connectivity index (χ3v) is 4.01. The number of rotatable bonds is 4. The highest BCUT2D eigenvalue weighted by Crippen LogP contribution is 2.30. The number of carbonyl (C=O) groups is 2. The molecule has 0 aliphatic carbocycles. The Morgan fingerprint density at radius 3 is 2.77 bits per heavy atom. The SMILES string of the molecule is Cc1cc([N+](=O)[O-])cn(CC(=O)c2ccc3c(c2)NC(=O)C(C)O3)c1=O. The zero-order chi connectivity index (χ0) is 19.0. The van der Waals surface area contributed by atoms with E-state index in [1.807, 2.05) is 0 Å². The molecule has 9 heteroatoms. The summed E-state index contributed by atoms with van der Waals surface area (Å²) in [5.41, 5.74) is 0.0363. The molecule has 9 nitrogen and oxygen atoms in total. The minimum atomic E-state index is -0.629. The fraction of sp³-hybridized carbons (Fsp3) is 0.235. The number of fused-ring (bicyclic) bond motifs is 1. The average Bonchev–Trinajstić information content (AvgIpc) is 2.59. The molecular formula is C17H15N3O6. The van der Waals surface area contributed by atoms with Gasteiger partial charge in [0.1, 0.15) is 5.75 Å². The number of nitrogens with one attached hydrogen (secondary N) is 1. The van der Waals surface area contributed by atoms with Crippen LogP contribution in [0.25, 0.3) is 0 Å². The summed E-state index contributed by atoms with van der Waals surface area (Å²) >= 11 is 0. The summed E-state index contributed by atoms with van der Waals surface area (Å²) in [5.74, 6) is -0.313. The molecule has 1 atom stereocenters. The molecule has 2 aromatic rings.